The largest absolute Gasteiger partial charge is 0.481 e. The predicted molar refractivity (Wildman–Crippen MR) is 93.7 cm³/mol. The molecular formula is C18H27N3O4. The van der Waals surface area contributed by atoms with Crippen LogP contribution in [-0.4, -0.2) is 53.7 Å². The Bertz CT molecular complexity index is 595. The molecule has 1 aromatic rings. The number of ether oxygens (including phenoxy) is 2. The second-order valence-corrected chi connectivity index (χ2v) is 7.12. The fourth-order valence-electron chi connectivity index (χ4n) is 2.79. The first-order valence-electron chi connectivity index (χ1n) is 8.58. The molecule has 2 heterocycles. The summed E-state index contributed by atoms with van der Waals surface area (Å²) in [5.41, 5.74) is -0.0223. The van der Waals surface area contributed by atoms with Gasteiger partial charge in [0.1, 0.15) is 5.60 Å². The van der Waals surface area contributed by atoms with E-state index >= 15 is 0 Å². The first-order valence-corrected chi connectivity index (χ1v) is 8.58. The quantitative estimate of drug-likeness (QED) is 0.904. The normalized spacial score (nSPS) is 17.8. The number of amides is 2. The molecular weight excluding hydrogens is 322 g/mol. The SMILES string of the molecule is COc1ccc(C(=O)N2CCCC[C@H]2CNC(=O)OC(C)(C)C)cn1. The van der Waals surface area contributed by atoms with Crippen molar-refractivity contribution < 1.29 is 19.1 Å². The number of carbonyl (C=O) groups is 2. The van der Waals surface area contributed by atoms with Crippen LogP contribution in [0.1, 0.15) is 50.4 Å². The van der Waals surface area contributed by atoms with E-state index in [9.17, 15) is 9.59 Å². The number of pyridine rings is 1. The summed E-state index contributed by atoms with van der Waals surface area (Å²) in [5, 5.41) is 2.77. The molecule has 0 bridgehead atoms. The van der Waals surface area contributed by atoms with Crippen LogP contribution < -0.4 is 10.1 Å². The molecule has 1 aromatic heterocycles. The zero-order valence-electron chi connectivity index (χ0n) is 15.4. The molecule has 1 fully saturated rings. The molecule has 25 heavy (non-hydrogen) atoms. The van der Waals surface area contributed by atoms with Crippen LogP contribution in [0.25, 0.3) is 0 Å². The Labute approximate surface area is 148 Å². The minimum absolute atomic E-state index is 0.0455. The molecule has 1 N–H and O–H groups in total. The minimum atomic E-state index is -0.541. The van der Waals surface area contributed by atoms with E-state index in [1.54, 1.807) is 12.1 Å². The fraction of sp³-hybridized carbons (Fsp3) is 0.611. The van der Waals surface area contributed by atoms with Crippen LogP contribution in [0, 0.1) is 0 Å². The van der Waals surface area contributed by atoms with Gasteiger partial charge < -0.3 is 19.7 Å². The third-order valence-electron chi connectivity index (χ3n) is 3.96. The summed E-state index contributed by atoms with van der Waals surface area (Å²) < 4.78 is 10.3. The molecule has 0 unspecified atom stereocenters. The van der Waals surface area contributed by atoms with E-state index in [1.807, 2.05) is 25.7 Å². The molecule has 0 radical (unpaired) electrons. The Hall–Kier alpha value is -2.31. The molecule has 7 heteroatoms. The van der Waals surface area contributed by atoms with Gasteiger partial charge in [-0.1, -0.05) is 0 Å². The number of methoxy groups -OCH3 is 1. The van der Waals surface area contributed by atoms with E-state index in [-0.39, 0.29) is 11.9 Å². The maximum absolute atomic E-state index is 12.8. The summed E-state index contributed by atoms with van der Waals surface area (Å²) in [4.78, 5) is 30.5. The van der Waals surface area contributed by atoms with Gasteiger partial charge in [0.05, 0.1) is 12.7 Å². The highest BCUT2D eigenvalue weighted by molar-refractivity contribution is 5.94. The van der Waals surface area contributed by atoms with Gasteiger partial charge in [-0.15, -0.1) is 0 Å². The van der Waals surface area contributed by atoms with Crippen molar-refractivity contribution in [1.29, 1.82) is 0 Å². The lowest BCUT2D eigenvalue weighted by Crippen LogP contribution is -2.50. The number of piperidine rings is 1. The number of rotatable bonds is 4. The summed E-state index contributed by atoms with van der Waals surface area (Å²) in [6, 6.07) is 3.34. The monoisotopic (exact) mass is 349 g/mol. The van der Waals surface area contributed by atoms with E-state index in [0.717, 1.165) is 19.3 Å². The van der Waals surface area contributed by atoms with Gasteiger partial charge in [0.25, 0.3) is 5.91 Å². The number of alkyl carbamates (subject to hydrolysis) is 1. The molecule has 0 aromatic carbocycles. The first-order chi connectivity index (χ1) is 11.8. The second kappa shape index (κ2) is 8.18. The average Bonchev–Trinajstić information content (AvgIpc) is 2.58. The number of nitrogens with zero attached hydrogens (tertiary/aromatic N) is 2. The van der Waals surface area contributed by atoms with Crippen molar-refractivity contribution in [1.82, 2.24) is 15.2 Å². The number of hydrogen-bond acceptors (Lipinski definition) is 5. The molecule has 0 aliphatic carbocycles. The summed E-state index contributed by atoms with van der Waals surface area (Å²) in [5.74, 6) is 0.393. The number of nitrogens with one attached hydrogen (secondary N) is 1. The van der Waals surface area contributed by atoms with Crippen molar-refractivity contribution in [3.63, 3.8) is 0 Å². The summed E-state index contributed by atoms with van der Waals surface area (Å²) >= 11 is 0. The van der Waals surface area contributed by atoms with Crippen molar-refractivity contribution in [2.45, 2.75) is 51.7 Å². The number of likely N-dealkylation sites (tertiary alicyclic amines) is 1. The Morgan fingerprint density at radius 2 is 2.08 bits per heavy atom. The molecule has 1 aliphatic heterocycles. The van der Waals surface area contributed by atoms with Crippen molar-refractivity contribution in [3.8, 4) is 5.88 Å². The third kappa shape index (κ3) is 5.62. The van der Waals surface area contributed by atoms with Gasteiger partial charge >= 0.3 is 6.09 Å². The molecule has 7 nitrogen and oxygen atoms in total. The van der Waals surface area contributed by atoms with E-state index in [0.29, 0.717) is 24.5 Å². The third-order valence-corrected chi connectivity index (χ3v) is 3.96. The van der Waals surface area contributed by atoms with Gasteiger partial charge in [-0.3, -0.25) is 4.79 Å². The number of aromatic nitrogens is 1. The molecule has 1 saturated heterocycles. The van der Waals surface area contributed by atoms with Gasteiger partial charge in [-0.2, -0.15) is 0 Å². The summed E-state index contributed by atoms with van der Waals surface area (Å²) in [6.07, 6.45) is 3.90. The Kier molecular flexibility index (Phi) is 6.22. The predicted octanol–water partition coefficient (Wildman–Crippen LogP) is 2.61. The Morgan fingerprint density at radius 3 is 2.68 bits per heavy atom. The van der Waals surface area contributed by atoms with Gasteiger partial charge in [-0.05, 0) is 46.1 Å². The summed E-state index contributed by atoms with van der Waals surface area (Å²) in [7, 11) is 1.53. The van der Waals surface area contributed by atoms with Crippen molar-refractivity contribution in [2.75, 3.05) is 20.2 Å². The average molecular weight is 349 g/mol. The molecule has 0 spiro atoms. The smallest absolute Gasteiger partial charge is 0.407 e. The maximum Gasteiger partial charge on any atom is 0.407 e. The lowest BCUT2D eigenvalue weighted by molar-refractivity contribution is 0.0462. The lowest BCUT2D eigenvalue weighted by Gasteiger charge is -2.36. The van der Waals surface area contributed by atoms with E-state index in [4.69, 9.17) is 9.47 Å². The second-order valence-electron chi connectivity index (χ2n) is 7.12. The van der Waals surface area contributed by atoms with Gasteiger partial charge in [0.2, 0.25) is 5.88 Å². The van der Waals surface area contributed by atoms with E-state index in [2.05, 4.69) is 10.3 Å². The highest BCUT2D eigenvalue weighted by Gasteiger charge is 2.28. The zero-order valence-corrected chi connectivity index (χ0v) is 15.4. The topological polar surface area (TPSA) is 80.8 Å². The molecule has 138 valence electrons. The molecule has 1 aliphatic rings. The highest BCUT2D eigenvalue weighted by atomic mass is 16.6. The molecule has 0 saturated carbocycles. The zero-order chi connectivity index (χ0) is 18.4. The molecule has 2 rings (SSSR count). The first kappa shape index (κ1) is 19.0. The van der Waals surface area contributed by atoms with Gasteiger partial charge in [0, 0.05) is 31.4 Å². The molecule has 1 atom stereocenters. The minimum Gasteiger partial charge on any atom is -0.481 e. The summed E-state index contributed by atoms with van der Waals surface area (Å²) in [6.45, 7) is 6.51. The van der Waals surface area contributed by atoms with Crippen molar-refractivity contribution >= 4 is 12.0 Å². The highest BCUT2D eigenvalue weighted by Crippen LogP contribution is 2.20. The van der Waals surface area contributed by atoms with Crippen LogP contribution >= 0.6 is 0 Å². The van der Waals surface area contributed by atoms with Crippen molar-refractivity contribution in [2.24, 2.45) is 0 Å². The number of carbonyl (C=O) groups excluding carboxylic acids is 2. The van der Waals surface area contributed by atoms with Gasteiger partial charge in [-0.25, -0.2) is 9.78 Å². The fourth-order valence-corrected chi connectivity index (χ4v) is 2.79. The van der Waals surface area contributed by atoms with Crippen LogP contribution in [0.2, 0.25) is 0 Å². The standard InChI is InChI=1S/C18H27N3O4/c1-18(2,3)25-17(23)20-12-14-7-5-6-10-21(14)16(22)13-8-9-15(24-4)19-11-13/h8-9,11,14H,5-7,10,12H2,1-4H3,(H,20,23)/t14-/m0/s1. The van der Waals surface area contributed by atoms with Crippen LogP contribution in [0.5, 0.6) is 5.88 Å². The number of hydrogen-bond donors (Lipinski definition) is 1. The van der Waals surface area contributed by atoms with Crippen molar-refractivity contribution in [3.05, 3.63) is 23.9 Å². The molecule has 2 amide bonds. The van der Waals surface area contributed by atoms with Crippen LogP contribution in [0.15, 0.2) is 18.3 Å². The Morgan fingerprint density at radius 1 is 1.32 bits per heavy atom. The van der Waals surface area contributed by atoms with Crippen LogP contribution in [0.3, 0.4) is 0 Å². The lowest BCUT2D eigenvalue weighted by atomic mass is 10.0. The van der Waals surface area contributed by atoms with E-state index < -0.39 is 11.7 Å². The van der Waals surface area contributed by atoms with Crippen LogP contribution in [0.4, 0.5) is 4.79 Å². The van der Waals surface area contributed by atoms with E-state index in [1.165, 1.54) is 13.3 Å². The van der Waals surface area contributed by atoms with Crippen LogP contribution in [-0.2, 0) is 4.74 Å². The maximum atomic E-state index is 12.8. The van der Waals surface area contributed by atoms with Gasteiger partial charge in [0.15, 0.2) is 0 Å². The Balaban J connectivity index is 1.99.